The number of halogens is 1. The summed E-state index contributed by atoms with van der Waals surface area (Å²) in [5, 5.41) is 0. The highest BCUT2D eigenvalue weighted by molar-refractivity contribution is 5.34. The first-order valence-electron chi connectivity index (χ1n) is 10.3. The highest BCUT2D eigenvalue weighted by Crippen LogP contribution is 2.45. The molecule has 0 N–H and O–H groups in total. The van der Waals surface area contributed by atoms with Crippen LogP contribution in [-0.2, 0) is 6.54 Å². The molecule has 2 aromatic carbocycles. The van der Waals surface area contributed by atoms with E-state index in [-0.39, 0.29) is 11.2 Å². The third kappa shape index (κ3) is 4.79. The molecule has 0 spiro atoms. The van der Waals surface area contributed by atoms with Gasteiger partial charge in [0.25, 0.3) is 0 Å². The molecule has 1 fully saturated rings. The zero-order valence-corrected chi connectivity index (χ0v) is 17.5. The maximum Gasteiger partial charge on any atom is 0.123 e. The Hall–Kier alpha value is -1.67. The van der Waals surface area contributed by atoms with Gasteiger partial charge in [0.05, 0.1) is 0 Å². The molecule has 0 saturated carbocycles. The molecule has 3 rings (SSSR count). The van der Waals surface area contributed by atoms with Crippen LogP contribution in [0.1, 0.15) is 69.6 Å². The minimum Gasteiger partial charge on any atom is -0.298 e. The summed E-state index contributed by atoms with van der Waals surface area (Å²) in [6.07, 6.45) is 1.21. The Bertz CT molecular complexity index is 742. The van der Waals surface area contributed by atoms with Gasteiger partial charge in [0.1, 0.15) is 5.82 Å². The summed E-state index contributed by atoms with van der Waals surface area (Å²) in [5.74, 6) is 1.59. The van der Waals surface area contributed by atoms with E-state index in [4.69, 9.17) is 0 Å². The fourth-order valence-electron chi connectivity index (χ4n) is 4.74. The lowest BCUT2D eigenvalue weighted by atomic mass is 9.66. The predicted molar refractivity (Wildman–Crippen MR) is 113 cm³/mol. The molecule has 0 bridgehead atoms. The number of hydrogen-bond acceptors (Lipinski definition) is 1. The van der Waals surface area contributed by atoms with Crippen molar-refractivity contribution < 1.29 is 4.39 Å². The van der Waals surface area contributed by atoms with E-state index in [1.807, 2.05) is 12.1 Å². The van der Waals surface area contributed by atoms with Crippen molar-refractivity contribution in [1.82, 2.24) is 4.90 Å². The zero-order chi connectivity index (χ0) is 19.6. The van der Waals surface area contributed by atoms with Crippen LogP contribution in [0.2, 0.25) is 0 Å². The third-order valence-corrected chi connectivity index (χ3v) is 6.15. The molecule has 2 unspecified atom stereocenters. The molecule has 0 aromatic heterocycles. The average molecular weight is 368 g/mol. The van der Waals surface area contributed by atoms with Crippen molar-refractivity contribution in [3.63, 3.8) is 0 Å². The fourth-order valence-corrected chi connectivity index (χ4v) is 4.74. The van der Waals surface area contributed by atoms with E-state index in [1.54, 1.807) is 12.1 Å². The summed E-state index contributed by atoms with van der Waals surface area (Å²) in [6.45, 7) is 14.8. The van der Waals surface area contributed by atoms with Crippen LogP contribution < -0.4 is 0 Å². The lowest BCUT2D eigenvalue weighted by Crippen LogP contribution is -2.43. The molecular weight excluding hydrogens is 333 g/mol. The lowest BCUT2D eigenvalue weighted by molar-refractivity contribution is 0.0827. The number of benzene rings is 2. The summed E-state index contributed by atoms with van der Waals surface area (Å²) in [6, 6.07) is 16.0. The van der Waals surface area contributed by atoms with Crippen LogP contribution in [0, 0.1) is 17.2 Å². The molecule has 0 amide bonds. The molecule has 1 heterocycles. The summed E-state index contributed by atoms with van der Waals surface area (Å²) < 4.78 is 13.2. The molecular formula is C25H34FN. The second-order valence-corrected chi connectivity index (χ2v) is 9.51. The molecule has 2 aromatic rings. The molecule has 1 aliphatic rings. The Balaban J connectivity index is 1.88. The maximum absolute atomic E-state index is 13.2. The van der Waals surface area contributed by atoms with Crippen molar-refractivity contribution in [2.75, 3.05) is 13.1 Å². The molecule has 1 nitrogen and oxygen atoms in total. The van der Waals surface area contributed by atoms with Gasteiger partial charge in [0, 0.05) is 19.0 Å². The summed E-state index contributed by atoms with van der Waals surface area (Å²) in [4.78, 5) is 2.55. The minimum atomic E-state index is -0.158. The van der Waals surface area contributed by atoms with Crippen molar-refractivity contribution in [3.05, 3.63) is 71.0 Å². The summed E-state index contributed by atoms with van der Waals surface area (Å²) >= 11 is 0. The van der Waals surface area contributed by atoms with Gasteiger partial charge in [-0.3, -0.25) is 4.90 Å². The predicted octanol–water partition coefficient (Wildman–Crippen LogP) is 6.60. The van der Waals surface area contributed by atoms with Crippen LogP contribution in [0.5, 0.6) is 0 Å². The van der Waals surface area contributed by atoms with Crippen LogP contribution in [0.15, 0.2) is 48.5 Å². The Kier molecular flexibility index (Phi) is 6.05. The molecule has 0 radical (unpaired) electrons. The van der Waals surface area contributed by atoms with Crippen LogP contribution in [-0.4, -0.2) is 18.0 Å². The molecule has 1 saturated heterocycles. The standard InChI is InChI=1S/C25H34FN/c1-18(2)21-8-6-7-9-22(21)23-17-27(15-14-24(23)25(3,4)5)16-19-10-12-20(26)13-11-19/h6-13,18,23-24H,14-17H2,1-5H3. The summed E-state index contributed by atoms with van der Waals surface area (Å²) in [5.41, 5.74) is 4.50. The van der Waals surface area contributed by atoms with Gasteiger partial charge in [0.2, 0.25) is 0 Å². The molecule has 0 aliphatic carbocycles. The first-order chi connectivity index (χ1) is 12.8. The smallest absolute Gasteiger partial charge is 0.123 e. The Morgan fingerprint density at radius 3 is 2.33 bits per heavy atom. The van der Waals surface area contributed by atoms with Crippen LogP contribution in [0.3, 0.4) is 0 Å². The number of rotatable bonds is 4. The monoisotopic (exact) mass is 367 g/mol. The van der Waals surface area contributed by atoms with E-state index in [9.17, 15) is 4.39 Å². The number of nitrogens with zero attached hydrogens (tertiary/aromatic N) is 1. The van der Waals surface area contributed by atoms with Crippen LogP contribution in [0.4, 0.5) is 4.39 Å². The van der Waals surface area contributed by atoms with Crippen molar-refractivity contribution >= 4 is 0 Å². The molecule has 2 atom stereocenters. The Labute approximate surface area is 164 Å². The SMILES string of the molecule is CC(C)c1ccccc1C1CN(Cc2ccc(F)cc2)CCC1C(C)(C)C. The molecule has 146 valence electrons. The second kappa shape index (κ2) is 8.14. The highest BCUT2D eigenvalue weighted by atomic mass is 19.1. The normalized spacial score (nSPS) is 21.6. The zero-order valence-electron chi connectivity index (χ0n) is 17.5. The highest BCUT2D eigenvalue weighted by Gasteiger charge is 2.38. The van der Waals surface area contributed by atoms with Crippen molar-refractivity contribution in [3.8, 4) is 0 Å². The maximum atomic E-state index is 13.2. The Morgan fingerprint density at radius 2 is 1.70 bits per heavy atom. The number of likely N-dealkylation sites (tertiary alicyclic amines) is 1. The van der Waals surface area contributed by atoms with E-state index < -0.39 is 0 Å². The van der Waals surface area contributed by atoms with Gasteiger partial charge in [0.15, 0.2) is 0 Å². The quantitative estimate of drug-likeness (QED) is 0.588. The lowest BCUT2D eigenvalue weighted by Gasteiger charge is -2.45. The van der Waals surface area contributed by atoms with E-state index in [0.29, 0.717) is 17.8 Å². The van der Waals surface area contributed by atoms with Gasteiger partial charge in [-0.2, -0.15) is 0 Å². The van der Waals surface area contributed by atoms with Gasteiger partial charge in [-0.15, -0.1) is 0 Å². The third-order valence-electron chi connectivity index (χ3n) is 6.15. The van der Waals surface area contributed by atoms with E-state index >= 15 is 0 Å². The van der Waals surface area contributed by atoms with Gasteiger partial charge in [-0.1, -0.05) is 71.0 Å². The summed E-state index contributed by atoms with van der Waals surface area (Å²) in [7, 11) is 0. The molecule has 2 heteroatoms. The minimum absolute atomic E-state index is 0.158. The van der Waals surface area contributed by atoms with Crippen molar-refractivity contribution in [2.24, 2.45) is 11.3 Å². The second-order valence-electron chi connectivity index (χ2n) is 9.51. The van der Waals surface area contributed by atoms with Gasteiger partial charge in [-0.25, -0.2) is 4.39 Å². The van der Waals surface area contributed by atoms with Gasteiger partial charge < -0.3 is 0 Å². The molecule has 27 heavy (non-hydrogen) atoms. The van der Waals surface area contributed by atoms with E-state index in [2.05, 4.69) is 63.8 Å². The topological polar surface area (TPSA) is 3.24 Å². The number of piperidine rings is 1. The Morgan fingerprint density at radius 1 is 1.04 bits per heavy atom. The van der Waals surface area contributed by atoms with Gasteiger partial charge >= 0.3 is 0 Å². The fraction of sp³-hybridized carbons (Fsp3) is 0.520. The van der Waals surface area contributed by atoms with E-state index in [0.717, 1.165) is 19.6 Å². The van der Waals surface area contributed by atoms with Crippen LogP contribution >= 0.6 is 0 Å². The van der Waals surface area contributed by atoms with Crippen LogP contribution in [0.25, 0.3) is 0 Å². The average Bonchev–Trinajstić information content (AvgIpc) is 2.62. The largest absolute Gasteiger partial charge is 0.298 e. The molecule has 1 aliphatic heterocycles. The van der Waals surface area contributed by atoms with Crippen molar-refractivity contribution in [1.29, 1.82) is 0 Å². The number of hydrogen-bond donors (Lipinski definition) is 0. The first kappa shape index (κ1) is 20.1. The first-order valence-corrected chi connectivity index (χ1v) is 10.3. The van der Waals surface area contributed by atoms with E-state index in [1.165, 1.54) is 23.1 Å². The van der Waals surface area contributed by atoms with Crippen molar-refractivity contribution in [2.45, 2.75) is 59.4 Å². The van der Waals surface area contributed by atoms with Gasteiger partial charge in [-0.05, 0) is 59.0 Å².